The van der Waals surface area contributed by atoms with Gasteiger partial charge in [0.05, 0.1) is 18.1 Å². The Morgan fingerprint density at radius 1 is 1.29 bits per heavy atom. The van der Waals surface area contributed by atoms with Gasteiger partial charge in [0.2, 0.25) is 0 Å². The first-order valence-corrected chi connectivity index (χ1v) is 8.63. The average molecular weight is 342 g/mol. The van der Waals surface area contributed by atoms with E-state index in [9.17, 15) is 4.79 Å². The van der Waals surface area contributed by atoms with Gasteiger partial charge in [0.1, 0.15) is 5.75 Å². The fraction of sp³-hybridized carbons (Fsp3) is 0.294. The molecule has 7 heteroatoms. The Bertz CT molecular complexity index is 772. The van der Waals surface area contributed by atoms with Gasteiger partial charge in [-0.1, -0.05) is 23.9 Å². The number of nitrogens with one attached hydrogen (secondary N) is 1. The summed E-state index contributed by atoms with van der Waals surface area (Å²) in [4.78, 5) is 20.6. The number of amides is 1. The summed E-state index contributed by atoms with van der Waals surface area (Å²) < 4.78 is 5.57. The monoisotopic (exact) mass is 342 g/mol. The van der Waals surface area contributed by atoms with E-state index in [1.54, 1.807) is 0 Å². The molecule has 1 amide bonds. The number of aromatic nitrogens is 2. The highest BCUT2D eigenvalue weighted by Crippen LogP contribution is 2.24. The maximum Gasteiger partial charge on any atom is 0.250 e. The molecule has 1 aromatic carbocycles. The van der Waals surface area contributed by atoms with Crippen LogP contribution < -0.4 is 10.2 Å². The molecule has 0 aliphatic carbocycles. The van der Waals surface area contributed by atoms with E-state index in [0.29, 0.717) is 18.2 Å². The Balaban J connectivity index is 1.60. The standard InChI is InChI=1S/C17H18N4O2S/c1-11-9-12(2)19-17(18-11)24-10-16(22)21-20-14-7-8-23-15-6-4-3-5-13(14)15/h3-6,9H,7-8,10H2,1-2H3,(H,21,22)/b20-14-. The largest absolute Gasteiger partial charge is 0.492 e. The summed E-state index contributed by atoms with van der Waals surface area (Å²) in [7, 11) is 0. The summed E-state index contributed by atoms with van der Waals surface area (Å²) in [6, 6.07) is 9.59. The molecular formula is C17H18N4O2S. The van der Waals surface area contributed by atoms with Gasteiger partial charge in [-0.15, -0.1) is 0 Å². The smallest absolute Gasteiger partial charge is 0.250 e. The number of hydrazone groups is 1. The fourth-order valence-electron chi connectivity index (χ4n) is 2.39. The van der Waals surface area contributed by atoms with Crippen LogP contribution in [0.4, 0.5) is 0 Å². The van der Waals surface area contributed by atoms with Crippen molar-refractivity contribution in [2.45, 2.75) is 25.4 Å². The Labute approximate surface area is 144 Å². The first kappa shape index (κ1) is 16.4. The number of benzene rings is 1. The van der Waals surface area contributed by atoms with Crippen molar-refractivity contribution in [3.8, 4) is 5.75 Å². The lowest BCUT2D eigenvalue weighted by molar-refractivity contribution is -0.118. The van der Waals surface area contributed by atoms with Crippen molar-refractivity contribution in [1.82, 2.24) is 15.4 Å². The number of ether oxygens (including phenoxy) is 1. The molecule has 2 aromatic rings. The molecule has 0 atom stereocenters. The first-order valence-electron chi connectivity index (χ1n) is 7.64. The predicted molar refractivity (Wildman–Crippen MR) is 93.5 cm³/mol. The average Bonchev–Trinajstić information content (AvgIpc) is 2.57. The number of fused-ring (bicyclic) bond motifs is 1. The lowest BCUT2D eigenvalue weighted by atomic mass is 10.0. The summed E-state index contributed by atoms with van der Waals surface area (Å²) in [6.07, 6.45) is 0.671. The Kier molecular flexibility index (Phi) is 5.10. The van der Waals surface area contributed by atoms with E-state index in [4.69, 9.17) is 4.74 Å². The van der Waals surface area contributed by atoms with Gasteiger partial charge in [0.15, 0.2) is 5.16 Å². The van der Waals surface area contributed by atoms with Gasteiger partial charge in [-0.05, 0) is 32.0 Å². The summed E-state index contributed by atoms with van der Waals surface area (Å²) >= 11 is 1.30. The number of carbonyl (C=O) groups excluding carboxylic acids is 1. The van der Waals surface area contributed by atoms with Gasteiger partial charge in [0.25, 0.3) is 5.91 Å². The first-order chi connectivity index (χ1) is 11.6. The number of aryl methyl sites for hydroxylation is 2. The predicted octanol–water partition coefficient (Wildman–Crippen LogP) is 2.49. The Morgan fingerprint density at radius 2 is 2.04 bits per heavy atom. The molecule has 1 aliphatic rings. The second kappa shape index (κ2) is 7.44. The molecule has 3 rings (SSSR count). The van der Waals surface area contributed by atoms with E-state index in [0.717, 1.165) is 28.4 Å². The molecule has 0 spiro atoms. The second-order valence-electron chi connectivity index (χ2n) is 5.41. The number of nitrogens with zero attached hydrogens (tertiary/aromatic N) is 3. The maximum atomic E-state index is 12.0. The van der Waals surface area contributed by atoms with E-state index in [-0.39, 0.29) is 11.7 Å². The zero-order valence-corrected chi connectivity index (χ0v) is 14.4. The van der Waals surface area contributed by atoms with Crippen LogP contribution in [0.25, 0.3) is 0 Å². The SMILES string of the molecule is Cc1cc(C)nc(SCC(=O)N/N=C2/CCOc3ccccc32)n1. The molecule has 1 N–H and O–H groups in total. The second-order valence-corrected chi connectivity index (χ2v) is 6.35. The summed E-state index contributed by atoms with van der Waals surface area (Å²) in [5.74, 6) is 0.839. The van der Waals surface area contributed by atoms with Gasteiger partial charge in [-0.2, -0.15) is 5.10 Å². The van der Waals surface area contributed by atoms with Gasteiger partial charge < -0.3 is 4.74 Å². The maximum absolute atomic E-state index is 12.0. The van der Waals surface area contributed by atoms with E-state index in [1.165, 1.54) is 11.8 Å². The van der Waals surface area contributed by atoms with Crippen LogP contribution in [0.15, 0.2) is 40.6 Å². The van der Waals surface area contributed by atoms with Crippen LogP contribution in [-0.2, 0) is 4.79 Å². The van der Waals surface area contributed by atoms with Crippen LogP contribution in [-0.4, -0.2) is 33.9 Å². The minimum Gasteiger partial charge on any atom is -0.492 e. The minimum absolute atomic E-state index is 0.181. The minimum atomic E-state index is -0.181. The number of carbonyl (C=O) groups is 1. The van der Waals surface area contributed by atoms with Crippen molar-refractivity contribution in [3.63, 3.8) is 0 Å². The third-order valence-electron chi connectivity index (χ3n) is 3.40. The summed E-state index contributed by atoms with van der Waals surface area (Å²) in [5, 5.41) is 4.86. The van der Waals surface area contributed by atoms with Gasteiger partial charge in [-0.3, -0.25) is 4.79 Å². The van der Waals surface area contributed by atoms with Crippen molar-refractivity contribution in [2.24, 2.45) is 5.10 Å². The van der Waals surface area contributed by atoms with Crippen molar-refractivity contribution < 1.29 is 9.53 Å². The van der Waals surface area contributed by atoms with E-state index >= 15 is 0 Å². The van der Waals surface area contributed by atoms with E-state index < -0.39 is 0 Å². The highest BCUT2D eigenvalue weighted by molar-refractivity contribution is 7.99. The third kappa shape index (κ3) is 4.11. The molecule has 6 nitrogen and oxygen atoms in total. The molecule has 0 saturated heterocycles. The van der Waals surface area contributed by atoms with Gasteiger partial charge >= 0.3 is 0 Å². The van der Waals surface area contributed by atoms with E-state index in [1.807, 2.05) is 44.2 Å². The van der Waals surface area contributed by atoms with Crippen LogP contribution >= 0.6 is 11.8 Å². The molecule has 1 aliphatic heterocycles. The molecule has 24 heavy (non-hydrogen) atoms. The molecular weight excluding hydrogens is 324 g/mol. The molecule has 0 fully saturated rings. The lowest BCUT2D eigenvalue weighted by Gasteiger charge is -2.18. The normalized spacial score (nSPS) is 14.8. The van der Waals surface area contributed by atoms with Crippen molar-refractivity contribution >= 4 is 23.4 Å². The molecule has 1 aromatic heterocycles. The highest BCUT2D eigenvalue weighted by atomic mass is 32.2. The van der Waals surface area contributed by atoms with Crippen molar-refractivity contribution in [1.29, 1.82) is 0 Å². The van der Waals surface area contributed by atoms with Crippen LogP contribution in [0, 0.1) is 13.8 Å². The lowest BCUT2D eigenvalue weighted by Crippen LogP contribution is -2.24. The van der Waals surface area contributed by atoms with Crippen molar-refractivity contribution in [3.05, 3.63) is 47.3 Å². The molecule has 124 valence electrons. The topological polar surface area (TPSA) is 76.5 Å². The van der Waals surface area contributed by atoms with Crippen molar-refractivity contribution in [2.75, 3.05) is 12.4 Å². The Hall–Kier alpha value is -2.41. The molecule has 0 bridgehead atoms. The number of thioether (sulfide) groups is 1. The van der Waals surface area contributed by atoms with Gasteiger partial charge in [0, 0.05) is 23.4 Å². The van der Waals surface area contributed by atoms with Crippen LogP contribution in [0.5, 0.6) is 5.75 Å². The molecule has 2 heterocycles. The van der Waals surface area contributed by atoms with Crippen LogP contribution in [0.3, 0.4) is 0 Å². The fourth-order valence-corrected chi connectivity index (χ4v) is 3.13. The molecule has 0 unspecified atom stereocenters. The zero-order chi connectivity index (χ0) is 16.9. The number of para-hydroxylation sites is 1. The summed E-state index contributed by atoms with van der Waals surface area (Å²) in [6.45, 7) is 4.39. The van der Waals surface area contributed by atoms with Crippen LogP contribution in [0.2, 0.25) is 0 Å². The highest BCUT2D eigenvalue weighted by Gasteiger charge is 2.16. The van der Waals surface area contributed by atoms with E-state index in [2.05, 4.69) is 20.5 Å². The quantitative estimate of drug-likeness (QED) is 0.525. The summed E-state index contributed by atoms with van der Waals surface area (Å²) in [5.41, 5.74) is 6.15. The number of hydrogen-bond acceptors (Lipinski definition) is 6. The third-order valence-corrected chi connectivity index (χ3v) is 4.25. The molecule has 0 saturated carbocycles. The van der Waals surface area contributed by atoms with Gasteiger partial charge in [-0.25, -0.2) is 15.4 Å². The molecule has 0 radical (unpaired) electrons. The number of hydrogen-bond donors (Lipinski definition) is 1. The zero-order valence-electron chi connectivity index (χ0n) is 13.6. The Morgan fingerprint density at radius 3 is 2.83 bits per heavy atom. The number of rotatable bonds is 4. The van der Waals surface area contributed by atoms with Crippen LogP contribution in [0.1, 0.15) is 23.4 Å².